The van der Waals surface area contributed by atoms with E-state index in [0.29, 0.717) is 13.1 Å². The second-order valence-electron chi connectivity index (χ2n) is 8.86. The summed E-state index contributed by atoms with van der Waals surface area (Å²) in [5, 5.41) is 5.66. The van der Waals surface area contributed by atoms with Crippen LogP contribution in [0.3, 0.4) is 0 Å². The maximum atomic E-state index is 11.9. The Balaban J connectivity index is 1.78. The van der Waals surface area contributed by atoms with E-state index in [4.69, 9.17) is 23.7 Å². The molecule has 1 aliphatic rings. The van der Waals surface area contributed by atoms with Gasteiger partial charge in [0.2, 0.25) is 0 Å². The number of nitrogens with one attached hydrogen (secondary N) is 1. The maximum Gasteiger partial charge on any atom is 0.303 e. The normalized spacial score (nSPS) is 23.1. The van der Waals surface area contributed by atoms with Gasteiger partial charge < -0.3 is 29.0 Å². The molecule has 1 fully saturated rings. The van der Waals surface area contributed by atoms with Gasteiger partial charge in [-0.15, -0.1) is 0 Å². The molecule has 10 heteroatoms. The molecule has 0 saturated carbocycles. The van der Waals surface area contributed by atoms with Crippen LogP contribution in [0.15, 0.2) is 54.6 Å². The number of ether oxygens (including phenoxy) is 5. The lowest BCUT2D eigenvalue weighted by molar-refractivity contribution is -0.244. The monoisotopic (exact) mass is 527 g/mol. The molecule has 0 unspecified atom stereocenters. The summed E-state index contributed by atoms with van der Waals surface area (Å²) < 4.78 is 27.4. The number of hydrogen-bond acceptors (Lipinski definition) is 10. The highest BCUT2D eigenvalue weighted by molar-refractivity contribution is 5.85. The summed E-state index contributed by atoms with van der Waals surface area (Å²) >= 11 is 0. The summed E-state index contributed by atoms with van der Waals surface area (Å²) in [5.41, 5.74) is 1.14. The average molecular weight is 528 g/mol. The van der Waals surface area contributed by atoms with Gasteiger partial charge >= 0.3 is 23.9 Å². The summed E-state index contributed by atoms with van der Waals surface area (Å²) in [6, 6.07) is 14.2. The molecule has 0 aromatic heterocycles. The molecular weight excluding hydrogens is 494 g/mol. The largest absolute Gasteiger partial charge is 0.463 e. The van der Waals surface area contributed by atoms with Crippen molar-refractivity contribution in [1.29, 1.82) is 0 Å². The van der Waals surface area contributed by atoms with E-state index < -0.39 is 54.4 Å². The number of carbonyl (C=O) groups excluding carboxylic acids is 4. The van der Waals surface area contributed by atoms with Crippen molar-refractivity contribution in [3.63, 3.8) is 0 Å². The fourth-order valence-electron chi connectivity index (χ4n) is 4.36. The number of benzene rings is 2. The van der Waals surface area contributed by atoms with Crippen molar-refractivity contribution in [3.8, 4) is 0 Å². The molecule has 0 amide bonds. The van der Waals surface area contributed by atoms with E-state index in [1.165, 1.54) is 27.7 Å². The first-order chi connectivity index (χ1) is 18.2. The van der Waals surface area contributed by atoms with E-state index in [1.54, 1.807) is 12.2 Å². The smallest absolute Gasteiger partial charge is 0.303 e. The zero-order chi connectivity index (χ0) is 27.7. The average Bonchev–Trinajstić information content (AvgIpc) is 2.85. The van der Waals surface area contributed by atoms with Gasteiger partial charge in [-0.25, -0.2) is 0 Å². The minimum absolute atomic E-state index is 0.262. The lowest BCUT2D eigenvalue weighted by atomic mass is 9.93. The van der Waals surface area contributed by atoms with E-state index in [-0.39, 0.29) is 6.61 Å². The fraction of sp³-hybridized carbons (Fsp3) is 0.429. The molecule has 1 N–H and O–H groups in total. The number of rotatable bonds is 10. The third-order valence-electron chi connectivity index (χ3n) is 5.81. The Labute approximate surface area is 221 Å². The lowest BCUT2D eigenvalue weighted by Crippen LogP contribution is -2.61. The molecule has 0 bridgehead atoms. The number of carbonyl (C=O) groups is 4. The predicted molar refractivity (Wildman–Crippen MR) is 137 cm³/mol. The molecule has 0 radical (unpaired) electrons. The van der Waals surface area contributed by atoms with Crippen molar-refractivity contribution in [2.75, 3.05) is 13.2 Å². The van der Waals surface area contributed by atoms with Crippen LogP contribution in [0.5, 0.6) is 0 Å². The highest BCUT2D eigenvalue weighted by Gasteiger charge is 2.51. The van der Waals surface area contributed by atoms with Crippen LogP contribution >= 0.6 is 0 Å². The van der Waals surface area contributed by atoms with Gasteiger partial charge in [-0.1, -0.05) is 54.6 Å². The van der Waals surface area contributed by atoms with Gasteiger partial charge in [0.25, 0.3) is 0 Å². The summed E-state index contributed by atoms with van der Waals surface area (Å²) in [6.07, 6.45) is -1.85. The SMILES string of the molecule is CC(=O)OC[C@H]1O[C@H](/C=C/CNCc2cccc3ccccc23)[C@H](OC(C)=O)[C@@H](OC(C)=O)[C@@H]1OC(C)=O. The molecular formula is C28H33NO9. The van der Waals surface area contributed by atoms with Crippen molar-refractivity contribution in [1.82, 2.24) is 5.32 Å². The van der Waals surface area contributed by atoms with Crippen LogP contribution in [-0.2, 0) is 49.4 Å². The molecule has 0 spiro atoms. The molecule has 3 rings (SSSR count). The van der Waals surface area contributed by atoms with Gasteiger partial charge in [-0.05, 0) is 16.3 Å². The Bertz CT molecular complexity index is 1170. The first-order valence-corrected chi connectivity index (χ1v) is 12.3. The van der Waals surface area contributed by atoms with Gasteiger partial charge in [0.05, 0.1) is 0 Å². The van der Waals surface area contributed by atoms with Gasteiger partial charge in [-0.2, -0.15) is 0 Å². The van der Waals surface area contributed by atoms with Crippen LogP contribution < -0.4 is 5.32 Å². The third kappa shape index (κ3) is 8.12. The topological polar surface area (TPSA) is 126 Å². The Morgan fingerprint density at radius 3 is 2.13 bits per heavy atom. The summed E-state index contributed by atoms with van der Waals surface area (Å²) in [5.74, 6) is -2.54. The summed E-state index contributed by atoms with van der Waals surface area (Å²) in [7, 11) is 0. The minimum atomic E-state index is -1.19. The number of hydrogen-bond donors (Lipinski definition) is 1. The van der Waals surface area contributed by atoms with Gasteiger partial charge in [0, 0.05) is 40.8 Å². The lowest BCUT2D eigenvalue weighted by Gasteiger charge is -2.43. The van der Waals surface area contributed by atoms with Crippen molar-refractivity contribution in [3.05, 3.63) is 60.2 Å². The van der Waals surface area contributed by atoms with Crippen LogP contribution in [0.25, 0.3) is 10.8 Å². The minimum Gasteiger partial charge on any atom is -0.463 e. The molecule has 38 heavy (non-hydrogen) atoms. The first-order valence-electron chi connectivity index (χ1n) is 12.3. The van der Waals surface area contributed by atoms with Crippen LogP contribution in [0.1, 0.15) is 33.3 Å². The van der Waals surface area contributed by atoms with Crippen LogP contribution in [0, 0.1) is 0 Å². The maximum absolute atomic E-state index is 11.9. The molecule has 1 aliphatic heterocycles. The van der Waals surface area contributed by atoms with Crippen molar-refractivity contribution in [2.24, 2.45) is 0 Å². The second-order valence-corrected chi connectivity index (χ2v) is 8.86. The molecule has 2 aromatic rings. The van der Waals surface area contributed by atoms with E-state index >= 15 is 0 Å². The predicted octanol–water partition coefficient (Wildman–Crippen LogP) is 2.61. The Morgan fingerprint density at radius 1 is 0.816 bits per heavy atom. The van der Waals surface area contributed by atoms with Crippen LogP contribution in [0.4, 0.5) is 0 Å². The third-order valence-corrected chi connectivity index (χ3v) is 5.81. The van der Waals surface area contributed by atoms with E-state index in [2.05, 4.69) is 29.6 Å². The quantitative estimate of drug-likeness (QED) is 0.213. The van der Waals surface area contributed by atoms with Gasteiger partial charge in [-0.3, -0.25) is 19.2 Å². The van der Waals surface area contributed by atoms with Gasteiger partial charge in [0.1, 0.15) is 18.8 Å². The van der Waals surface area contributed by atoms with E-state index in [9.17, 15) is 19.2 Å². The van der Waals surface area contributed by atoms with E-state index in [1.807, 2.05) is 18.2 Å². The Kier molecular flexibility index (Phi) is 10.4. The second kappa shape index (κ2) is 13.7. The molecule has 5 atom stereocenters. The molecule has 2 aromatic carbocycles. The molecule has 1 heterocycles. The molecule has 10 nitrogen and oxygen atoms in total. The first kappa shape index (κ1) is 28.8. The van der Waals surface area contributed by atoms with Crippen molar-refractivity contribution < 1.29 is 42.9 Å². The Hall–Kier alpha value is -3.76. The zero-order valence-electron chi connectivity index (χ0n) is 21.9. The van der Waals surface area contributed by atoms with Crippen molar-refractivity contribution in [2.45, 2.75) is 64.8 Å². The zero-order valence-corrected chi connectivity index (χ0v) is 21.9. The Morgan fingerprint density at radius 2 is 1.45 bits per heavy atom. The highest BCUT2D eigenvalue weighted by atomic mass is 16.7. The van der Waals surface area contributed by atoms with Crippen LogP contribution in [0.2, 0.25) is 0 Å². The number of esters is 4. The fourth-order valence-corrected chi connectivity index (χ4v) is 4.36. The molecule has 0 aliphatic carbocycles. The standard InChI is InChI=1S/C28H33NO9/c1-17(30)34-16-25-27(36-19(3)32)28(37-20(4)33)26(35-18(2)31)24(38-25)13-8-14-29-15-22-11-7-10-21-9-5-6-12-23(21)22/h5-13,24-29H,14-16H2,1-4H3/b13-8+/t24-,25-,26+,27-,28-/m1/s1. The summed E-state index contributed by atoms with van der Waals surface area (Å²) in [6.45, 7) is 5.62. The summed E-state index contributed by atoms with van der Waals surface area (Å²) in [4.78, 5) is 47.1. The number of fused-ring (bicyclic) bond motifs is 1. The molecule has 1 saturated heterocycles. The van der Waals surface area contributed by atoms with Crippen LogP contribution in [-0.4, -0.2) is 67.5 Å². The highest BCUT2D eigenvalue weighted by Crippen LogP contribution is 2.30. The van der Waals surface area contributed by atoms with Crippen molar-refractivity contribution >= 4 is 34.6 Å². The van der Waals surface area contributed by atoms with E-state index in [0.717, 1.165) is 16.3 Å². The molecule has 204 valence electrons. The van der Waals surface area contributed by atoms with Gasteiger partial charge in [0.15, 0.2) is 18.3 Å².